The highest BCUT2D eigenvalue weighted by Gasteiger charge is 2.15. The third-order valence-electron chi connectivity index (χ3n) is 4.29. The molecule has 0 unspecified atom stereocenters. The van der Waals surface area contributed by atoms with E-state index >= 15 is 0 Å². The summed E-state index contributed by atoms with van der Waals surface area (Å²) in [6.45, 7) is 5.13. The van der Waals surface area contributed by atoms with E-state index in [-0.39, 0.29) is 0 Å². The number of carbonyl (C=O) groups is 1. The molecule has 1 fully saturated rings. The molecule has 0 amide bonds. The van der Waals surface area contributed by atoms with E-state index in [4.69, 9.17) is 0 Å². The molecule has 2 aliphatic rings. The van der Waals surface area contributed by atoms with Crippen LogP contribution in [-0.2, 0) is 12.8 Å². The normalized spacial score (nSPS) is 19.4. The Kier molecular flexibility index (Phi) is 3.95. The zero-order chi connectivity index (χ0) is 13.1. The summed E-state index contributed by atoms with van der Waals surface area (Å²) in [6.07, 6.45) is 4.23. The number of nitrogens with zero attached hydrogens (tertiary/aromatic N) is 1. The van der Waals surface area contributed by atoms with Gasteiger partial charge in [0.15, 0.2) is 5.78 Å². The number of aryl methyl sites for hydroxylation is 2. The second kappa shape index (κ2) is 5.85. The summed E-state index contributed by atoms with van der Waals surface area (Å²) in [5.74, 6) is 0.299. The largest absolute Gasteiger partial charge is 0.314 e. The molecule has 1 aliphatic carbocycles. The van der Waals surface area contributed by atoms with Gasteiger partial charge in [-0.2, -0.15) is 0 Å². The van der Waals surface area contributed by atoms with Gasteiger partial charge in [0, 0.05) is 44.7 Å². The Hall–Kier alpha value is -1.19. The molecular formula is C16H22N2O. The van der Waals surface area contributed by atoms with Crippen LogP contribution < -0.4 is 5.32 Å². The Morgan fingerprint density at radius 1 is 1.16 bits per heavy atom. The number of piperazine rings is 1. The van der Waals surface area contributed by atoms with Crippen LogP contribution in [0, 0.1) is 0 Å². The Morgan fingerprint density at radius 3 is 2.79 bits per heavy atom. The summed E-state index contributed by atoms with van der Waals surface area (Å²) >= 11 is 0. The molecule has 0 atom stereocenters. The van der Waals surface area contributed by atoms with Crippen molar-refractivity contribution in [2.24, 2.45) is 0 Å². The third kappa shape index (κ3) is 3.04. The lowest BCUT2D eigenvalue weighted by molar-refractivity contribution is 0.0960. The molecule has 1 saturated heterocycles. The average molecular weight is 258 g/mol. The number of hydrogen-bond acceptors (Lipinski definition) is 3. The number of benzene rings is 1. The molecule has 3 heteroatoms. The Bertz CT molecular complexity index is 464. The van der Waals surface area contributed by atoms with Gasteiger partial charge in [-0.15, -0.1) is 0 Å². The van der Waals surface area contributed by atoms with Crippen molar-refractivity contribution < 1.29 is 4.79 Å². The molecule has 3 rings (SSSR count). The van der Waals surface area contributed by atoms with E-state index in [9.17, 15) is 4.79 Å². The first-order chi connectivity index (χ1) is 9.33. The molecule has 0 saturated carbocycles. The second-order valence-corrected chi connectivity index (χ2v) is 5.60. The minimum absolute atomic E-state index is 0.299. The predicted octanol–water partition coefficient (Wildman–Crippen LogP) is 1.65. The molecule has 0 aromatic heterocycles. The van der Waals surface area contributed by atoms with Crippen LogP contribution in [0.3, 0.4) is 0 Å². The van der Waals surface area contributed by atoms with Crippen molar-refractivity contribution >= 4 is 5.78 Å². The summed E-state index contributed by atoms with van der Waals surface area (Å²) in [7, 11) is 0. The Morgan fingerprint density at radius 2 is 1.95 bits per heavy atom. The fraction of sp³-hybridized carbons (Fsp3) is 0.562. The highest BCUT2D eigenvalue weighted by atomic mass is 16.1. The van der Waals surface area contributed by atoms with Crippen molar-refractivity contribution in [3.63, 3.8) is 0 Å². The van der Waals surface area contributed by atoms with Gasteiger partial charge in [0.2, 0.25) is 0 Å². The number of Topliss-reactive ketones (excluding diaryl/α,β-unsaturated/α-hetero) is 1. The lowest BCUT2D eigenvalue weighted by atomic mass is 10.0. The van der Waals surface area contributed by atoms with Gasteiger partial charge in [-0.05, 0) is 36.5 Å². The zero-order valence-electron chi connectivity index (χ0n) is 11.5. The van der Waals surface area contributed by atoms with Gasteiger partial charge in [-0.1, -0.05) is 12.1 Å². The van der Waals surface area contributed by atoms with E-state index in [0.29, 0.717) is 12.2 Å². The Balaban J connectivity index is 1.57. The topological polar surface area (TPSA) is 32.3 Å². The lowest BCUT2D eigenvalue weighted by Gasteiger charge is -2.26. The van der Waals surface area contributed by atoms with Crippen LogP contribution >= 0.6 is 0 Å². The van der Waals surface area contributed by atoms with Crippen LogP contribution in [0.25, 0.3) is 0 Å². The number of rotatable bonds is 4. The molecule has 1 aromatic rings. The van der Waals surface area contributed by atoms with E-state index in [1.54, 1.807) is 0 Å². The van der Waals surface area contributed by atoms with Gasteiger partial charge in [0.1, 0.15) is 0 Å². The van der Waals surface area contributed by atoms with E-state index in [1.807, 2.05) is 6.07 Å². The molecule has 1 aromatic carbocycles. The molecule has 1 heterocycles. The molecule has 0 radical (unpaired) electrons. The van der Waals surface area contributed by atoms with E-state index in [0.717, 1.165) is 44.7 Å². The first-order valence-electron chi connectivity index (χ1n) is 7.41. The van der Waals surface area contributed by atoms with Crippen LogP contribution in [0.2, 0.25) is 0 Å². The first kappa shape index (κ1) is 12.8. The third-order valence-corrected chi connectivity index (χ3v) is 4.29. The summed E-state index contributed by atoms with van der Waals surface area (Å²) in [5, 5.41) is 3.34. The van der Waals surface area contributed by atoms with Gasteiger partial charge in [0.05, 0.1) is 0 Å². The van der Waals surface area contributed by atoms with Gasteiger partial charge < -0.3 is 10.2 Å². The molecule has 19 heavy (non-hydrogen) atoms. The molecule has 0 bridgehead atoms. The molecule has 1 aliphatic heterocycles. The van der Waals surface area contributed by atoms with E-state index in [1.165, 1.54) is 24.0 Å². The summed E-state index contributed by atoms with van der Waals surface area (Å²) in [5.41, 5.74) is 3.75. The quantitative estimate of drug-likeness (QED) is 0.834. The van der Waals surface area contributed by atoms with Crippen molar-refractivity contribution in [2.75, 3.05) is 32.7 Å². The van der Waals surface area contributed by atoms with Crippen molar-refractivity contribution in [3.05, 3.63) is 34.9 Å². The van der Waals surface area contributed by atoms with Crippen LogP contribution in [0.5, 0.6) is 0 Å². The van der Waals surface area contributed by atoms with Crippen LogP contribution in [0.1, 0.15) is 34.3 Å². The second-order valence-electron chi connectivity index (χ2n) is 5.60. The van der Waals surface area contributed by atoms with Gasteiger partial charge in [0.25, 0.3) is 0 Å². The fourth-order valence-electron chi connectivity index (χ4n) is 3.08. The molecule has 1 N–H and O–H groups in total. The number of ketones is 1. The molecule has 102 valence electrons. The van der Waals surface area contributed by atoms with Crippen molar-refractivity contribution in [1.29, 1.82) is 0 Å². The summed E-state index contributed by atoms with van der Waals surface area (Å²) in [4.78, 5) is 14.6. The zero-order valence-corrected chi connectivity index (χ0v) is 11.5. The number of nitrogens with one attached hydrogen (secondary N) is 1. The highest BCUT2D eigenvalue weighted by molar-refractivity contribution is 5.96. The first-order valence-corrected chi connectivity index (χ1v) is 7.41. The van der Waals surface area contributed by atoms with Crippen LogP contribution in [-0.4, -0.2) is 43.4 Å². The van der Waals surface area contributed by atoms with Crippen molar-refractivity contribution in [3.8, 4) is 0 Å². The number of carbonyl (C=O) groups excluding carboxylic acids is 1. The molecule has 3 nitrogen and oxygen atoms in total. The molecule has 0 spiro atoms. The lowest BCUT2D eigenvalue weighted by Crippen LogP contribution is -2.44. The Labute approximate surface area is 115 Å². The fourth-order valence-corrected chi connectivity index (χ4v) is 3.08. The van der Waals surface area contributed by atoms with Gasteiger partial charge in [-0.3, -0.25) is 4.79 Å². The van der Waals surface area contributed by atoms with Crippen molar-refractivity contribution in [2.45, 2.75) is 25.7 Å². The van der Waals surface area contributed by atoms with E-state index < -0.39 is 0 Å². The number of hydrogen-bond donors (Lipinski definition) is 1. The smallest absolute Gasteiger partial charge is 0.164 e. The standard InChI is InChI=1S/C16H22N2O/c19-16(6-9-18-10-7-17-8-11-18)15-5-4-13-2-1-3-14(13)12-15/h4-5,12,17H,1-3,6-11H2. The van der Waals surface area contributed by atoms with Gasteiger partial charge >= 0.3 is 0 Å². The average Bonchev–Trinajstić information content (AvgIpc) is 2.93. The van der Waals surface area contributed by atoms with Crippen molar-refractivity contribution in [1.82, 2.24) is 10.2 Å². The molecular weight excluding hydrogens is 236 g/mol. The number of fused-ring (bicyclic) bond motifs is 1. The minimum atomic E-state index is 0.299. The highest BCUT2D eigenvalue weighted by Crippen LogP contribution is 2.23. The maximum Gasteiger partial charge on any atom is 0.164 e. The van der Waals surface area contributed by atoms with Gasteiger partial charge in [-0.25, -0.2) is 0 Å². The maximum absolute atomic E-state index is 12.2. The van der Waals surface area contributed by atoms with Crippen LogP contribution in [0.4, 0.5) is 0 Å². The van der Waals surface area contributed by atoms with E-state index in [2.05, 4.69) is 22.3 Å². The minimum Gasteiger partial charge on any atom is -0.314 e. The summed E-state index contributed by atoms with van der Waals surface area (Å²) in [6, 6.07) is 6.30. The summed E-state index contributed by atoms with van der Waals surface area (Å²) < 4.78 is 0. The maximum atomic E-state index is 12.2. The SMILES string of the molecule is O=C(CCN1CCNCC1)c1ccc2c(c1)CCC2. The predicted molar refractivity (Wildman–Crippen MR) is 76.7 cm³/mol. The van der Waals surface area contributed by atoms with Crippen LogP contribution in [0.15, 0.2) is 18.2 Å². The monoisotopic (exact) mass is 258 g/mol.